The van der Waals surface area contributed by atoms with Gasteiger partial charge in [0.05, 0.1) is 22.7 Å². The maximum absolute atomic E-state index is 12.5. The lowest BCUT2D eigenvalue weighted by molar-refractivity contribution is -0.242. The van der Waals surface area contributed by atoms with Crippen LogP contribution in [0, 0.1) is 22.7 Å². The monoisotopic (exact) mass is 402 g/mol. The zero-order chi connectivity index (χ0) is 20.7. The molecule has 1 aliphatic heterocycles. The van der Waals surface area contributed by atoms with Crippen molar-refractivity contribution in [1.29, 1.82) is 0 Å². The number of fused-ring (bicyclic) bond motifs is 5. The van der Waals surface area contributed by atoms with Crippen molar-refractivity contribution >= 4 is 12.3 Å². The first-order chi connectivity index (χ1) is 13.7. The second kappa shape index (κ2) is 6.02. The maximum atomic E-state index is 12.5. The summed E-state index contributed by atoms with van der Waals surface area (Å²) in [5.41, 5.74) is -1.75. The standard InChI is InChI=1S/C23H30O6/c1-20-6-3-17-18(4-8-22(27)11-15(25)2-7-21(17,22)13-24)23(20,28)9-5-16(20)14-10-19(26)29-12-14/h5,10,13,15,17-18,25,27-28H,2-4,6-9,11-12H2,1H3/t15-,17?,18?,20+,21-,22-,23-/m0/s1. The van der Waals surface area contributed by atoms with E-state index in [2.05, 4.69) is 13.0 Å². The van der Waals surface area contributed by atoms with E-state index in [4.69, 9.17) is 4.74 Å². The van der Waals surface area contributed by atoms with E-state index in [-0.39, 0.29) is 30.8 Å². The zero-order valence-electron chi connectivity index (χ0n) is 16.9. The quantitative estimate of drug-likeness (QED) is 0.481. The van der Waals surface area contributed by atoms with E-state index in [1.54, 1.807) is 0 Å². The van der Waals surface area contributed by atoms with Crippen LogP contribution in [0.3, 0.4) is 0 Å². The Kier molecular flexibility index (Phi) is 4.04. The van der Waals surface area contributed by atoms with Crippen molar-refractivity contribution in [3.63, 3.8) is 0 Å². The van der Waals surface area contributed by atoms with Crippen molar-refractivity contribution in [2.45, 2.75) is 75.6 Å². The van der Waals surface area contributed by atoms with Crippen molar-refractivity contribution in [2.75, 3.05) is 6.61 Å². The lowest BCUT2D eigenvalue weighted by atomic mass is 9.41. The molecule has 3 fully saturated rings. The molecule has 3 saturated carbocycles. The van der Waals surface area contributed by atoms with E-state index in [9.17, 15) is 24.9 Å². The highest BCUT2D eigenvalue weighted by Gasteiger charge is 2.70. The van der Waals surface area contributed by atoms with Gasteiger partial charge in [0.2, 0.25) is 0 Å². The van der Waals surface area contributed by atoms with Gasteiger partial charge >= 0.3 is 5.97 Å². The minimum atomic E-state index is -1.19. The first-order valence-electron chi connectivity index (χ1n) is 10.9. The molecule has 0 aromatic carbocycles. The van der Waals surface area contributed by atoms with Gasteiger partial charge in [-0.15, -0.1) is 0 Å². The van der Waals surface area contributed by atoms with Crippen LogP contribution in [-0.2, 0) is 14.3 Å². The number of carbonyl (C=O) groups excluding carboxylic acids is 2. The normalized spacial score (nSPS) is 51.3. The molecule has 29 heavy (non-hydrogen) atoms. The number of hydrogen-bond acceptors (Lipinski definition) is 6. The van der Waals surface area contributed by atoms with E-state index in [0.717, 1.165) is 23.9 Å². The van der Waals surface area contributed by atoms with Gasteiger partial charge < -0.3 is 24.9 Å². The summed E-state index contributed by atoms with van der Waals surface area (Å²) in [4.78, 5) is 24.1. The molecule has 3 N–H and O–H groups in total. The van der Waals surface area contributed by atoms with Crippen molar-refractivity contribution in [1.82, 2.24) is 0 Å². The molecular weight excluding hydrogens is 372 g/mol. The molecule has 0 bridgehead atoms. The van der Waals surface area contributed by atoms with Crippen LogP contribution in [0.1, 0.15) is 58.3 Å². The predicted molar refractivity (Wildman–Crippen MR) is 104 cm³/mol. The minimum Gasteiger partial charge on any atom is -0.458 e. The Morgan fingerprint density at radius 1 is 1.14 bits per heavy atom. The molecule has 0 spiro atoms. The average molecular weight is 402 g/mol. The number of esters is 1. The summed E-state index contributed by atoms with van der Waals surface area (Å²) in [6, 6.07) is 0. The number of rotatable bonds is 2. The lowest BCUT2D eigenvalue weighted by Crippen LogP contribution is -2.68. The van der Waals surface area contributed by atoms with Gasteiger partial charge in [0.1, 0.15) is 12.9 Å². The van der Waals surface area contributed by atoms with Crippen molar-refractivity contribution in [3.05, 3.63) is 23.3 Å². The summed E-state index contributed by atoms with van der Waals surface area (Å²) in [6.07, 6.45) is 8.13. The van der Waals surface area contributed by atoms with Crippen molar-refractivity contribution in [3.8, 4) is 0 Å². The molecule has 0 amide bonds. The molecular formula is C23H30O6. The Hall–Kier alpha value is -1.50. The number of ether oxygens (including phenoxy) is 1. The highest BCUT2D eigenvalue weighted by atomic mass is 16.5. The summed E-state index contributed by atoms with van der Waals surface area (Å²) in [5, 5.41) is 33.6. The van der Waals surface area contributed by atoms with Gasteiger partial charge in [-0.3, -0.25) is 0 Å². The van der Waals surface area contributed by atoms with Gasteiger partial charge in [-0.05, 0) is 62.4 Å². The van der Waals surface area contributed by atoms with Crippen LogP contribution in [0.2, 0.25) is 0 Å². The molecule has 0 saturated heterocycles. The smallest absolute Gasteiger partial charge is 0.331 e. The van der Waals surface area contributed by atoms with Gasteiger partial charge in [-0.1, -0.05) is 13.0 Å². The van der Waals surface area contributed by atoms with Crippen LogP contribution >= 0.6 is 0 Å². The molecule has 4 aliphatic carbocycles. The fraction of sp³-hybridized carbons (Fsp3) is 0.739. The van der Waals surface area contributed by atoms with Gasteiger partial charge in [0.15, 0.2) is 0 Å². The van der Waals surface area contributed by atoms with Crippen molar-refractivity contribution < 1.29 is 29.6 Å². The number of aldehydes is 1. The molecule has 5 aliphatic rings. The minimum absolute atomic E-state index is 0.102. The molecule has 0 radical (unpaired) electrons. The Labute approximate surface area is 170 Å². The third kappa shape index (κ3) is 2.28. The molecule has 1 heterocycles. The highest BCUT2D eigenvalue weighted by molar-refractivity contribution is 5.86. The Bertz CT molecular complexity index is 831. The van der Waals surface area contributed by atoms with Gasteiger partial charge in [-0.25, -0.2) is 4.79 Å². The Morgan fingerprint density at radius 3 is 2.59 bits per heavy atom. The fourth-order valence-corrected chi connectivity index (χ4v) is 7.74. The topological polar surface area (TPSA) is 104 Å². The lowest BCUT2D eigenvalue weighted by Gasteiger charge is -2.65. The second-order valence-corrected chi connectivity index (χ2v) is 10.2. The van der Waals surface area contributed by atoms with Crippen LogP contribution in [0.4, 0.5) is 0 Å². The molecule has 5 rings (SSSR count). The van der Waals surface area contributed by atoms with Crippen LogP contribution in [0.15, 0.2) is 23.3 Å². The average Bonchev–Trinajstić information content (AvgIpc) is 3.21. The number of carbonyl (C=O) groups is 2. The van der Waals surface area contributed by atoms with Gasteiger partial charge in [0, 0.05) is 23.5 Å². The van der Waals surface area contributed by atoms with Gasteiger partial charge in [0.25, 0.3) is 0 Å². The Morgan fingerprint density at radius 2 is 1.90 bits per heavy atom. The Balaban J connectivity index is 1.52. The molecule has 6 heteroatoms. The van der Waals surface area contributed by atoms with E-state index in [0.29, 0.717) is 38.5 Å². The summed E-state index contributed by atoms with van der Waals surface area (Å²) < 4.78 is 5.11. The summed E-state index contributed by atoms with van der Waals surface area (Å²) in [7, 11) is 0. The fourth-order valence-electron chi connectivity index (χ4n) is 7.74. The molecule has 2 unspecified atom stereocenters. The summed E-state index contributed by atoms with van der Waals surface area (Å²) in [5.74, 6) is -0.543. The van der Waals surface area contributed by atoms with E-state index in [1.165, 1.54) is 6.08 Å². The first-order valence-corrected chi connectivity index (χ1v) is 10.9. The number of hydrogen-bond donors (Lipinski definition) is 3. The maximum Gasteiger partial charge on any atom is 0.331 e. The molecule has 0 aromatic heterocycles. The van der Waals surface area contributed by atoms with E-state index in [1.807, 2.05) is 0 Å². The van der Waals surface area contributed by atoms with Gasteiger partial charge in [-0.2, -0.15) is 0 Å². The van der Waals surface area contributed by atoms with Crippen LogP contribution in [-0.4, -0.2) is 51.5 Å². The molecule has 7 atom stereocenters. The number of cyclic esters (lactones) is 1. The summed E-state index contributed by atoms with van der Waals surface area (Å²) in [6.45, 7) is 2.32. The van der Waals surface area contributed by atoms with Crippen LogP contribution < -0.4 is 0 Å². The largest absolute Gasteiger partial charge is 0.458 e. The molecule has 6 nitrogen and oxygen atoms in total. The van der Waals surface area contributed by atoms with E-state index < -0.39 is 28.1 Å². The first kappa shape index (κ1) is 19.5. The highest BCUT2D eigenvalue weighted by Crippen LogP contribution is 2.69. The number of aliphatic hydroxyl groups excluding tert-OH is 1. The van der Waals surface area contributed by atoms with E-state index >= 15 is 0 Å². The number of aliphatic hydroxyl groups is 3. The second-order valence-electron chi connectivity index (χ2n) is 10.2. The summed E-state index contributed by atoms with van der Waals surface area (Å²) >= 11 is 0. The SMILES string of the molecule is C[C@]12CCC3C(CC[C@]4(O)C[C@@H](O)CC[C@]34C=O)[C@@]1(O)CC=C2C1=CC(=O)OC1. The predicted octanol–water partition coefficient (Wildman–Crippen LogP) is 1.82. The van der Waals surface area contributed by atoms with Crippen LogP contribution in [0.25, 0.3) is 0 Å². The van der Waals surface area contributed by atoms with Crippen LogP contribution in [0.5, 0.6) is 0 Å². The van der Waals surface area contributed by atoms with Crippen molar-refractivity contribution in [2.24, 2.45) is 22.7 Å². The molecule has 0 aromatic rings. The zero-order valence-corrected chi connectivity index (χ0v) is 16.9. The third-order valence-corrected chi connectivity index (χ3v) is 9.30. The third-order valence-electron chi connectivity index (χ3n) is 9.30. The molecule has 158 valence electrons.